The zero-order valence-electron chi connectivity index (χ0n) is 18.1. The van der Waals surface area contributed by atoms with E-state index in [-0.39, 0.29) is 6.10 Å². The van der Waals surface area contributed by atoms with Crippen LogP contribution in [0, 0.1) is 0 Å². The molecule has 26 heavy (non-hydrogen) atoms. The molecule has 0 aromatic carbocycles. The molecule has 0 saturated heterocycles. The monoisotopic (exact) mass is 378 g/mol. The Hall–Kier alpha value is -0.240. The Bertz CT molecular complexity index is 300. The molecule has 0 aliphatic carbocycles. The first-order valence-corrected chi connectivity index (χ1v) is 10.4. The summed E-state index contributed by atoms with van der Waals surface area (Å²) >= 11 is 0. The molecular formula is C20H42O6. The van der Waals surface area contributed by atoms with E-state index in [2.05, 4.69) is 6.92 Å². The molecule has 0 aromatic rings. The lowest BCUT2D eigenvalue weighted by Gasteiger charge is -2.50. The average Bonchev–Trinajstić information content (AvgIpc) is 2.61. The molecule has 0 amide bonds. The van der Waals surface area contributed by atoms with Gasteiger partial charge in [0.05, 0.1) is 0 Å². The summed E-state index contributed by atoms with van der Waals surface area (Å²) in [5, 5.41) is 0. The van der Waals surface area contributed by atoms with Crippen LogP contribution in [-0.4, -0.2) is 57.5 Å². The van der Waals surface area contributed by atoms with E-state index in [1.54, 1.807) is 0 Å². The lowest BCUT2D eigenvalue weighted by molar-refractivity contribution is -0.511. The van der Waals surface area contributed by atoms with Gasteiger partial charge in [0.15, 0.2) is 0 Å². The highest BCUT2D eigenvalue weighted by Crippen LogP contribution is 2.40. The Morgan fingerprint density at radius 3 is 1.38 bits per heavy atom. The van der Waals surface area contributed by atoms with E-state index < -0.39 is 11.8 Å². The van der Waals surface area contributed by atoms with Crippen LogP contribution in [0.4, 0.5) is 0 Å². The van der Waals surface area contributed by atoms with Crippen molar-refractivity contribution in [3.63, 3.8) is 0 Å². The molecule has 1 atom stereocenters. The van der Waals surface area contributed by atoms with Gasteiger partial charge in [-0.05, 0) is 48.0 Å². The van der Waals surface area contributed by atoms with Crippen LogP contribution in [0.1, 0.15) is 74.1 Å². The van der Waals surface area contributed by atoms with E-state index in [1.807, 2.05) is 41.5 Å². The molecule has 0 bridgehead atoms. The Morgan fingerprint density at radius 1 is 0.577 bits per heavy atom. The highest BCUT2D eigenvalue weighted by molar-refractivity contribution is 4.91. The highest BCUT2D eigenvalue weighted by Gasteiger charge is 2.63. The lowest BCUT2D eigenvalue weighted by atomic mass is 9.99. The van der Waals surface area contributed by atoms with Crippen molar-refractivity contribution in [1.82, 2.24) is 0 Å². The first kappa shape index (κ1) is 25.8. The summed E-state index contributed by atoms with van der Waals surface area (Å²) in [5.74, 6) is -2.79. The molecule has 0 fully saturated rings. The van der Waals surface area contributed by atoms with Crippen LogP contribution in [0.15, 0.2) is 0 Å². The summed E-state index contributed by atoms with van der Waals surface area (Å²) in [6, 6.07) is 0. The molecule has 0 spiro atoms. The molecule has 0 aliphatic rings. The highest BCUT2D eigenvalue weighted by atomic mass is 16.9. The van der Waals surface area contributed by atoms with E-state index >= 15 is 0 Å². The fourth-order valence-corrected chi connectivity index (χ4v) is 3.19. The number of hydrogen-bond acceptors (Lipinski definition) is 6. The maximum atomic E-state index is 6.22. The number of unbranched alkanes of at least 4 members (excludes halogenated alkanes) is 2. The van der Waals surface area contributed by atoms with Crippen molar-refractivity contribution in [3.05, 3.63) is 0 Å². The van der Waals surface area contributed by atoms with Gasteiger partial charge in [-0.3, -0.25) is 0 Å². The second kappa shape index (κ2) is 14.8. The van der Waals surface area contributed by atoms with Gasteiger partial charge in [0, 0.05) is 39.6 Å². The summed E-state index contributed by atoms with van der Waals surface area (Å²) < 4.78 is 36.7. The summed E-state index contributed by atoms with van der Waals surface area (Å²) in [6.45, 7) is 16.3. The van der Waals surface area contributed by atoms with Crippen LogP contribution >= 0.6 is 0 Å². The molecule has 0 N–H and O–H groups in total. The summed E-state index contributed by atoms with van der Waals surface area (Å²) in [5.41, 5.74) is 0. The SMILES string of the molecule is CCCCCC(OCC)C(OCC)(OCC)C(OCC)(OCC)OCC. The average molecular weight is 379 g/mol. The molecule has 0 aromatic heterocycles. The molecule has 158 valence electrons. The first-order chi connectivity index (χ1) is 12.6. The van der Waals surface area contributed by atoms with E-state index in [1.165, 1.54) is 0 Å². The smallest absolute Gasteiger partial charge is 0.343 e. The van der Waals surface area contributed by atoms with Crippen molar-refractivity contribution in [2.75, 3.05) is 39.6 Å². The zero-order chi connectivity index (χ0) is 19.9. The third-order valence-electron chi connectivity index (χ3n) is 4.01. The van der Waals surface area contributed by atoms with Gasteiger partial charge >= 0.3 is 5.97 Å². The van der Waals surface area contributed by atoms with Gasteiger partial charge in [-0.2, -0.15) is 0 Å². The van der Waals surface area contributed by atoms with Gasteiger partial charge in [-0.25, -0.2) is 0 Å². The van der Waals surface area contributed by atoms with Gasteiger partial charge in [0.2, 0.25) is 0 Å². The Morgan fingerprint density at radius 2 is 1.04 bits per heavy atom. The van der Waals surface area contributed by atoms with E-state index in [0.717, 1.165) is 25.7 Å². The van der Waals surface area contributed by atoms with Crippen molar-refractivity contribution in [3.8, 4) is 0 Å². The van der Waals surface area contributed by atoms with Crippen molar-refractivity contribution >= 4 is 0 Å². The quantitative estimate of drug-likeness (QED) is 0.258. The predicted octanol–water partition coefficient (Wildman–Crippen LogP) is 4.50. The lowest BCUT2D eigenvalue weighted by Crippen LogP contribution is -2.68. The third-order valence-corrected chi connectivity index (χ3v) is 4.01. The van der Waals surface area contributed by atoms with Crippen LogP contribution in [-0.2, 0) is 28.4 Å². The van der Waals surface area contributed by atoms with Crippen molar-refractivity contribution < 1.29 is 28.4 Å². The van der Waals surface area contributed by atoms with Crippen LogP contribution in [0.5, 0.6) is 0 Å². The molecule has 0 heterocycles. The molecule has 0 radical (unpaired) electrons. The normalized spacial score (nSPS) is 14.0. The van der Waals surface area contributed by atoms with E-state index in [4.69, 9.17) is 28.4 Å². The van der Waals surface area contributed by atoms with Gasteiger partial charge < -0.3 is 28.4 Å². The van der Waals surface area contributed by atoms with Gasteiger partial charge in [0.25, 0.3) is 5.79 Å². The summed E-state index contributed by atoms with van der Waals surface area (Å²) in [7, 11) is 0. The molecule has 6 heteroatoms. The van der Waals surface area contributed by atoms with Gasteiger partial charge in [-0.1, -0.05) is 26.2 Å². The fraction of sp³-hybridized carbons (Fsp3) is 1.00. The predicted molar refractivity (Wildman–Crippen MR) is 103 cm³/mol. The molecule has 0 rings (SSSR count). The van der Waals surface area contributed by atoms with Crippen LogP contribution in [0.2, 0.25) is 0 Å². The second-order valence-corrected chi connectivity index (χ2v) is 5.83. The molecule has 0 aliphatic heterocycles. The summed E-state index contributed by atoms with van der Waals surface area (Å²) in [6.07, 6.45) is 3.65. The summed E-state index contributed by atoms with van der Waals surface area (Å²) in [4.78, 5) is 0. The Balaban J connectivity index is 6.15. The number of ether oxygens (including phenoxy) is 6. The molecule has 0 saturated carbocycles. The first-order valence-electron chi connectivity index (χ1n) is 10.4. The Kier molecular flexibility index (Phi) is 14.6. The molecular weight excluding hydrogens is 336 g/mol. The largest absolute Gasteiger partial charge is 0.373 e. The third kappa shape index (κ3) is 6.73. The topological polar surface area (TPSA) is 55.4 Å². The number of hydrogen-bond donors (Lipinski definition) is 0. The van der Waals surface area contributed by atoms with E-state index in [0.29, 0.717) is 39.6 Å². The number of rotatable bonds is 18. The zero-order valence-corrected chi connectivity index (χ0v) is 18.1. The Labute approximate surface area is 160 Å². The van der Waals surface area contributed by atoms with Crippen molar-refractivity contribution in [2.24, 2.45) is 0 Å². The van der Waals surface area contributed by atoms with Gasteiger partial charge in [-0.15, -0.1) is 0 Å². The maximum Gasteiger partial charge on any atom is 0.343 e. The minimum absolute atomic E-state index is 0.372. The van der Waals surface area contributed by atoms with Crippen molar-refractivity contribution in [1.29, 1.82) is 0 Å². The minimum atomic E-state index is -1.48. The molecule has 1 unspecified atom stereocenters. The fourth-order valence-electron chi connectivity index (χ4n) is 3.19. The molecule has 6 nitrogen and oxygen atoms in total. The standard InChI is InChI=1S/C20H42O6/c1-8-15-16-17-18(21-9-2)19(22-10-3,23-11-4)20(24-12-5,25-13-6)26-14-7/h18H,8-17H2,1-7H3. The van der Waals surface area contributed by atoms with E-state index in [9.17, 15) is 0 Å². The van der Waals surface area contributed by atoms with Crippen LogP contribution in [0.25, 0.3) is 0 Å². The minimum Gasteiger partial charge on any atom is -0.373 e. The maximum absolute atomic E-state index is 6.22. The van der Waals surface area contributed by atoms with Crippen LogP contribution < -0.4 is 0 Å². The van der Waals surface area contributed by atoms with Crippen LogP contribution in [0.3, 0.4) is 0 Å². The van der Waals surface area contributed by atoms with Crippen molar-refractivity contribution in [2.45, 2.75) is 92.0 Å². The van der Waals surface area contributed by atoms with Gasteiger partial charge in [0.1, 0.15) is 6.10 Å². The second-order valence-electron chi connectivity index (χ2n) is 5.83.